The predicted octanol–water partition coefficient (Wildman–Crippen LogP) is 2.91. The van der Waals surface area contributed by atoms with E-state index in [4.69, 9.17) is 0 Å². The average Bonchev–Trinajstić information content (AvgIpc) is 2.31. The number of ketones is 1. The van der Waals surface area contributed by atoms with E-state index in [1.165, 1.54) is 0 Å². The molecule has 0 aliphatic carbocycles. The first kappa shape index (κ1) is 9.66. The number of hydrogen-bond donors (Lipinski definition) is 0. The minimum Gasteiger partial charge on any atom is -0.294 e. The molecule has 1 radical (unpaired) electrons. The van der Waals surface area contributed by atoms with Crippen LogP contribution in [0.5, 0.6) is 0 Å². The highest BCUT2D eigenvalue weighted by atomic mass is 16.1. The maximum absolute atomic E-state index is 11.8. The summed E-state index contributed by atoms with van der Waals surface area (Å²) in [6, 6.07) is 19.8. The summed E-state index contributed by atoms with van der Waals surface area (Å²) in [4.78, 5) is 11.8. The molecule has 0 bridgehead atoms. The Balaban J connectivity index is 2.12. The number of hydrogen-bond acceptors (Lipinski definition) is 1. The van der Waals surface area contributed by atoms with Crippen LogP contribution in [-0.4, -0.2) is 5.78 Å². The van der Waals surface area contributed by atoms with Gasteiger partial charge in [0.1, 0.15) is 0 Å². The van der Waals surface area contributed by atoms with Crippen LogP contribution in [0.1, 0.15) is 15.9 Å². The fourth-order valence-electron chi connectivity index (χ4n) is 1.45. The van der Waals surface area contributed by atoms with Crippen molar-refractivity contribution in [3.8, 4) is 0 Å². The van der Waals surface area contributed by atoms with E-state index in [-0.39, 0.29) is 5.78 Å². The summed E-state index contributed by atoms with van der Waals surface area (Å²) < 4.78 is 0. The third-order valence-electron chi connectivity index (χ3n) is 2.25. The maximum Gasteiger partial charge on any atom is 0.167 e. The lowest BCUT2D eigenvalue weighted by molar-refractivity contribution is 0.0993. The van der Waals surface area contributed by atoms with E-state index in [1.807, 2.05) is 54.6 Å². The molecule has 0 N–H and O–H groups in total. The molecule has 2 rings (SSSR count). The van der Waals surface area contributed by atoms with Gasteiger partial charge in [-0.3, -0.25) is 4.79 Å². The second-order valence-electron chi connectivity index (χ2n) is 3.37. The third-order valence-corrected chi connectivity index (χ3v) is 2.25. The van der Waals surface area contributed by atoms with Gasteiger partial charge in [-0.1, -0.05) is 54.6 Å². The zero-order valence-electron chi connectivity index (χ0n) is 8.31. The predicted molar refractivity (Wildman–Crippen MR) is 59.8 cm³/mol. The highest BCUT2D eigenvalue weighted by Crippen LogP contribution is 2.06. The Hall–Kier alpha value is -1.89. The Morgan fingerprint density at radius 2 is 1.67 bits per heavy atom. The number of carbonyl (C=O) groups excluding carboxylic acids is 1. The molecule has 0 aliphatic rings. The third kappa shape index (κ3) is 2.53. The van der Waals surface area contributed by atoms with E-state index < -0.39 is 0 Å². The van der Waals surface area contributed by atoms with Crippen molar-refractivity contribution < 1.29 is 4.79 Å². The van der Waals surface area contributed by atoms with Crippen molar-refractivity contribution in [2.75, 3.05) is 0 Å². The molecule has 0 amide bonds. The molecule has 0 aromatic heterocycles. The van der Waals surface area contributed by atoms with Gasteiger partial charge in [0.2, 0.25) is 0 Å². The molecule has 15 heavy (non-hydrogen) atoms. The van der Waals surface area contributed by atoms with E-state index in [9.17, 15) is 4.79 Å². The highest BCUT2D eigenvalue weighted by molar-refractivity contribution is 5.97. The monoisotopic (exact) mass is 195 g/mol. The lowest BCUT2D eigenvalue weighted by Crippen LogP contribution is -2.02. The van der Waals surface area contributed by atoms with Crippen molar-refractivity contribution in [2.24, 2.45) is 0 Å². The largest absolute Gasteiger partial charge is 0.294 e. The summed E-state index contributed by atoms with van der Waals surface area (Å²) in [6.45, 7) is 0. The first-order valence-electron chi connectivity index (χ1n) is 4.89. The van der Waals surface area contributed by atoms with Crippen LogP contribution in [0.3, 0.4) is 0 Å². The van der Waals surface area contributed by atoms with Crippen LogP contribution in [0.4, 0.5) is 0 Å². The van der Waals surface area contributed by atoms with Crippen LogP contribution >= 0.6 is 0 Å². The second kappa shape index (κ2) is 4.56. The molecule has 0 atom stereocenters. The van der Waals surface area contributed by atoms with Crippen molar-refractivity contribution >= 4 is 5.78 Å². The molecular weight excluding hydrogens is 184 g/mol. The Morgan fingerprint density at radius 3 is 2.33 bits per heavy atom. The molecule has 1 nitrogen and oxygen atoms in total. The van der Waals surface area contributed by atoms with Gasteiger partial charge in [0.15, 0.2) is 5.78 Å². The van der Waals surface area contributed by atoms with Crippen LogP contribution in [0, 0.1) is 6.07 Å². The van der Waals surface area contributed by atoms with Gasteiger partial charge in [-0.15, -0.1) is 0 Å². The summed E-state index contributed by atoms with van der Waals surface area (Å²) in [5, 5.41) is 0. The van der Waals surface area contributed by atoms with Gasteiger partial charge < -0.3 is 0 Å². The second-order valence-corrected chi connectivity index (χ2v) is 3.37. The van der Waals surface area contributed by atoms with Crippen LogP contribution in [0.25, 0.3) is 0 Å². The van der Waals surface area contributed by atoms with Crippen molar-refractivity contribution in [3.05, 3.63) is 71.8 Å². The summed E-state index contributed by atoms with van der Waals surface area (Å²) in [6.07, 6.45) is 0.457. The van der Waals surface area contributed by atoms with Gasteiger partial charge in [-0.25, -0.2) is 0 Å². The Bertz CT molecular complexity index is 431. The normalized spacial score (nSPS) is 9.87. The van der Waals surface area contributed by atoms with Gasteiger partial charge in [0.05, 0.1) is 0 Å². The van der Waals surface area contributed by atoms with Crippen molar-refractivity contribution in [2.45, 2.75) is 6.42 Å². The standard InChI is InChI=1S/C14H11O/c15-14(13-9-5-2-6-10-13)11-12-7-3-1-4-8-12/h2-10H,11H2. The molecule has 2 aromatic carbocycles. The molecule has 2 aromatic rings. The van der Waals surface area contributed by atoms with Crippen LogP contribution < -0.4 is 0 Å². The summed E-state index contributed by atoms with van der Waals surface area (Å²) >= 11 is 0. The van der Waals surface area contributed by atoms with Gasteiger partial charge in [0.25, 0.3) is 0 Å². The van der Waals surface area contributed by atoms with E-state index in [0.29, 0.717) is 6.42 Å². The molecule has 0 saturated carbocycles. The first-order valence-corrected chi connectivity index (χ1v) is 4.89. The Labute approximate surface area is 89.4 Å². The zero-order chi connectivity index (χ0) is 10.5. The van der Waals surface area contributed by atoms with E-state index in [0.717, 1.165) is 11.1 Å². The molecule has 1 heteroatoms. The fraction of sp³-hybridized carbons (Fsp3) is 0.0714. The lowest BCUT2D eigenvalue weighted by atomic mass is 10.0. The van der Waals surface area contributed by atoms with Crippen LogP contribution in [-0.2, 0) is 6.42 Å². The zero-order valence-corrected chi connectivity index (χ0v) is 8.31. The smallest absolute Gasteiger partial charge is 0.167 e. The minimum atomic E-state index is 0.154. The summed E-state index contributed by atoms with van der Waals surface area (Å²) in [5.74, 6) is 0.154. The molecule has 0 spiro atoms. The quantitative estimate of drug-likeness (QED) is 0.688. The van der Waals surface area contributed by atoms with Crippen molar-refractivity contribution in [1.82, 2.24) is 0 Å². The fourth-order valence-corrected chi connectivity index (χ4v) is 1.45. The van der Waals surface area contributed by atoms with Gasteiger partial charge >= 0.3 is 0 Å². The maximum atomic E-state index is 11.8. The summed E-state index contributed by atoms with van der Waals surface area (Å²) in [5.41, 5.74) is 1.80. The summed E-state index contributed by atoms with van der Waals surface area (Å²) in [7, 11) is 0. The average molecular weight is 195 g/mol. The van der Waals surface area contributed by atoms with Crippen LogP contribution in [0.2, 0.25) is 0 Å². The Morgan fingerprint density at radius 1 is 1.00 bits per heavy atom. The molecule has 73 valence electrons. The van der Waals surface area contributed by atoms with Gasteiger partial charge in [-0.2, -0.15) is 0 Å². The molecular formula is C14H11O. The number of rotatable bonds is 3. The number of Topliss-reactive ketones (excluding diaryl/α,β-unsaturated/α-hetero) is 1. The molecule has 0 fully saturated rings. The molecule has 0 unspecified atom stereocenters. The van der Waals surface area contributed by atoms with E-state index >= 15 is 0 Å². The van der Waals surface area contributed by atoms with Gasteiger partial charge in [-0.05, 0) is 11.6 Å². The highest BCUT2D eigenvalue weighted by Gasteiger charge is 2.05. The SMILES string of the molecule is O=C(Cc1cc[c]cc1)c1ccccc1. The lowest BCUT2D eigenvalue weighted by Gasteiger charge is -2.00. The van der Waals surface area contributed by atoms with Crippen molar-refractivity contribution in [3.63, 3.8) is 0 Å². The first-order chi connectivity index (χ1) is 7.36. The van der Waals surface area contributed by atoms with E-state index in [2.05, 4.69) is 6.07 Å². The van der Waals surface area contributed by atoms with Crippen molar-refractivity contribution in [1.29, 1.82) is 0 Å². The molecule has 0 aliphatic heterocycles. The Kier molecular flexibility index (Phi) is 2.93. The molecule has 0 heterocycles. The number of benzene rings is 2. The number of carbonyl (C=O) groups is 1. The topological polar surface area (TPSA) is 17.1 Å². The van der Waals surface area contributed by atoms with Crippen LogP contribution in [0.15, 0.2) is 54.6 Å². The molecule has 0 saturated heterocycles. The van der Waals surface area contributed by atoms with E-state index in [1.54, 1.807) is 0 Å². The van der Waals surface area contributed by atoms with Gasteiger partial charge in [0, 0.05) is 12.0 Å². The minimum absolute atomic E-state index is 0.154.